The predicted molar refractivity (Wildman–Crippen MR) is 98.5 cm³/mol. The van der Waals surface area contributed by atoms with E-state index < -0.39 is 40.9 Å². The first kappa shape index (κ1) is 18.8. The summed E-state index contributed by atoms with van der Waals surface area (Å²) < 4.78 is 15.4. The van der Waals surface area contributed by atoms with Gasteiger partial charge in [0.25, 0.3) is 0 Å². The molecule has 2 saturated carbocycles. The van der Waals surface area contributed by atoms with E-state index in [-0.39, 0.29) is 24.0 Å². The van der Waals surface area contributed by atoms with Crippen LogP contribution >= 0.6 is 0 Å². The number of aliphatic hydroxyl groups is 2. The van der Waals surface area contributed by atoms with Crippen LogP contribution in [0.1, 0.15) is 40.0 Å². The molecule has 2 N–H and O–H groups in total. The van der Waals surface area contributed by atoms with Crippen LogP contribution < -0.4 is 0 Å². The molecule has 5 heteroatoms. The fraction of sp³-hybridized carbons (Fsp3) is 0.636. The lowest BCUT2D eigenvalue weighted by atomic mass is 9.51. The lowest BCUT2D eigenvalue weighted by Crippen LogP contribution is -2.58. The Balaban J connectivity index is 1.84. The Kier molecular flexibility index (Phi) is 3.97. The van der Waals surface area contributed by atoms with Gasteiger partial charge in [0.05, 0.1) is 0 Å². The van der Waals surface area contributed by atoms with Crippen molar-refractivity contribution in [1.82, 2.24) is 0 Å². The first-order valence-electron chi connectivity index (χ1n) is 9.75. The molecule has 3 unspecified atom stereocenters. The first-order valence-corrected chi connectivity index (χ1v) is 9.75. The third-order valence-electron chi connectivity index (χ3n) is 8.09. The van der Waals surface area contributed by atoms with E-state index in [9.17, 15) is 19.8 Å². The maximum absolute atomic E-state index is 15.4. The molecule has 4 nitrogen and oxygen atoms in total. The van der Waals surface area contributed by atoms with Gasteiger partial charge in [0.1, 0.15) is 18.4 Å². The van der Waals surface area contributed by atoms with Crippen LogP contribution in [0.5, 0.6) is 0 Å². The summed E-state index contributed by atoms with van der Waals surface area (Å²) in [6.07, 6.45) is 7.00. The highest BCUT2D eigenvalue weighted by Gasteiger charge is 2.68. The number of carbonyl (C=O) groups excluding carboxylic acids is 2. The van der Waals surface area contributed by atoms with Gasteiger partial charge in [0.15, 0.2) is 11.6 Å². The van der Waals surface area contributed by atoms with Crippen LogP contribution in [0.2, 0.25) is 0 Å². The zero-order valence-corrected chi connectivity index (χ0v) is 16.0. The highest BCUT2D eigenvalue weighted by atomic mass is 19.1. The van der Waals surface area contributed by atoms with Gasteiger partial charge in [-0.05, 0) is 49.3 Å². The molecule has 4 aliphatic carbocycles. The van der Waals surface area contributed by atoms with E-state index in [1.54, 1.807) is 12.2 Å². The number of halogens is 1. The van der Waals surface area contributed by atoms with Crippen molar-refractivity contribution in [3.05, 3.63) is 35.5 Å². The number of alkyl halides is 1. The zero-order valence-electron chi connectivity index (χ0n) is 16.0. The minimum absolute atomic E-state index is 0.105. The van der Waals surface area contributed by atoms with E-state index in [1.807, 2.05) is 32.9 Å². The molecule has 4 aliphatic rings. The predicted octanol–water partition coefficient (Wildman–Crippen LogP) is 2.70. The summed E-state index contributed by atoms with van der Waals surface area (Å²) in [5.74, 6) is -1.61. The van der Waals surface area contributed by atoms with Gasteiger partial charge < -0.3 is 10.2 Å². The van der Waals surface area contributed by atoms with Crippen molar-refractivity contribution in [2.75, 3.05) is 6.61 Å². The third-order valence-corrected chi connectivity index (χ3v) is 8.09. The van der Waals surface area contributed by atoms with Crippen LogP contribution in [0, 0.1) is 28.6 Å². The van der Waals surface area contributed by atoms with E-state index in [4.69, 9.17) is 0 Å². The third kappa shape index (κ3) is 2.16. The fourth-order valence-electron chi connectivity index (χ4n) is 6.52. The van der Waals surface area contributed by atoms with E-state index in [1.165, 1.54) is 0 Å². The maximum Gasteiger partial charge on any atom is 0.190 e. The lowest BCUT2D eigenvalue weighted by Gasteiger charge is -2.54. The van der Waals surface area contributed by atoms with Gasteiger partial charge in [-0.15, -0.1) is 0 Å². The van der Waals surface area contributed by atoms with Crippen molar-refractivity contribution in [2.24, 2.45) is 28.6 Å². The number of aliphatic hydroxyl groups excluding tert-OH is 1. The molecule has 7 atom stereocenters. The van der Waals surface area contributed by atoms with Gasteiger partial charge in [0.2, 0.25) is 0 Å². The van der Waals surface area contributed by atoms with E-state index >= 15 is 4.39 Å². The number of carbonyl (C=O) groups is 2. The summed E-state index contributed by atoms with van der Waals surface area (Å²) in [6.45, 7) is 5.00. The monoisotopic (exact) mass is 374 g/mol. The molecule has 146 valence electrons. The second-order valence-electron chi connectivity index (χ2n) is 9.23. The van der Waals surface area contributed by atoms with Gasteiger partial charge in [-0.2, -0.15) is 0 Å². The normalized spacial score (nSPS) is 48.3. The molecule has 0 heterocycles. The van der Waals surface area contributed by atoms with Crippen LogP contribution in [0.4, 0.5) is 4.39 Å². The Hall–Kier alpha value is -1.59. The van der Waals surface area contributed by atoms with Crippen molar-refractivity contribution in [3.8, 4) is 0 Å². The highest BCUT2D eigenvalue weighted by Crippen LogP contribution is 2.66. The highest BCUT2D eigenvalue weighted by molar-refractivity contribution is 6.01. The summed E-state index contributed by atoms with van der Waals surface area (Å²) in [7, 11) is 0. The lowest BCUT2D eigenvalue weighted by molar-refractivity contribution is -0.162. The molecule has 0 spiro atoms. The first-order chi connectivity index (χ1) is 12.6. The Labute approximate surface area is 158 Å². The topological polar surface area (TPSA) is 74.6 Å². The van der Waals surface area contributed by atoms with Gasteiger partial charge in [-0.25, -0.2) is 4.39 Å². The molecular weight excluding hydrogens is 347 g/mol. The molecule has 0 aliphatic heterocycles. The zero-order chi connectivity index (χ0) is 19.8. The molecule has 0 bridgehead atoms. The number of ketones is 2. The number of Topliss-reactive ketones (excluding diaryl/α,β-unsaturated/α-hetero) is 1. The number of hydrogen-bond donors (Lipinski definition) is 2. The molecule has 0 saturated heterocycles. The largest absolute Gasteiger partial charge is 0.388 e. The van der Waals surface area contributed by atoms with E-state index in [0.717, 1.165) is 11.1 Å². The van der Waals surface area contributed by atoms with Gasteiger partial charge in [0, 0.05) is 23.2 Å². The van der Waals surface area contributed by atoms with Gasteiger partial charge >= 0.3 is 0 Å². The summed E-state index contributed by atoms with van der Waals surface area (Å²) in [6, 6.07) is 0. The summed E-state index contributed by atoms with van der Waals surface area (Å²) in [5, 5.41) is 20.8. The SMILES string of the molecule is C[C@H]1CC2C3C(=CC[C@]2(C)[C@@]1(O)C(=O)CO)[C@@]1(C)C=CC(=O)C=C1CC3F. The number of allylic oxidation sites excluding steroid dienone is 6. The molecule has 0 aromatic carbocycles. The van der Waals surface area contributed by atoms with Crippen molar-refractivity contribution in [1.29, 1.82) is 0 Å². The molecule has 27 heavy (non-hydrogen) atoms. The number of fused-ring (bicyclic) bond motifs is 5. The Morgan fingerprint density at radius 3 is 2.74 bits per heavy atom. The Morgan fingerprint density at radius 1 is 1.37 bits per heavy atom. The summed E-state index contributed by atoms with van der Waals surface area (Å²) >= 11 is 0. The van der Waals surface area contributed by atoms with Crippen molar-refractivity contribution >= 4 is 11.6 Å². The minimum atomic E-state index is -1.65. The molecular formula is C22H27FO4. The van der Waals surface area contributed by atoms with Crippen molar-refractivity contribution in [2.45, 2.75) is 51.8 Å². The van der Waals surface area contributed by atoms with Gasteiger partial charge in [-0.3, -0.25) is 9.59 Å². The van der Waals surface area contributed by atoms with Gasteiger partial charge in [-0.1, -0.05) is 31.6 Å². The van der Waals surface area contributed by atoms with Crippen LogP contribution in [-0.2, 0) is 9.59 Å². The maximum atomic E-state index is 15.4. The van der Waals surface area contributed by atoms with Crippen molar-refractivity contribution in [3.63, 3.8) is 0 Å². The average molecular weight is 374 g/mol. The van der Waals surface area contributed by atoms with Crippen LogP contribution in [0.15, 0.2) is 35.5 Å². The fourth-order valence-corrected chi connectivity index (χ4v) is 6.52. The molecule has 0 aromatic heterocycles. The summed E-state index contributed by atoms with van der Waals surface area (Å²) in [4.78, 5) is 24.3. The minimum Gasteiger partial charge on any atom is -0.388 e. The Bertz CT molecular complexity index is 811. The second kappa shape index (κ2) is 5.71. The van der Waals surface area contributed by atoms with Crippen molar-refractivity contribution < 1.29 is 24.2 Å². The molecule has 0 amide bonds. The quantitative estimate of drug-likeness (QED) is 0.729. The smallest absolute Gasteiger partial charge is 0.190 e. The molecule has 4 rings (SSSR count). The average Bonchev–Trinajstić information content (AvgIpc) is 2.84. The Morgan fingerprint density at radius 2 is 2.07 bits per heavy atom. The number of rotatable bonds is 2. The molecule has 0 radical (unpaired) electrons. The molecule has 0 aromatic rings. The second-order valence-corrected chi connectivity index (χ2v) is 9.23. The van der Waals surface area contributed by atoms with Crippen LogP contribution in [0.3, 0.4) is 0 Å². The van der Waals surface area contributed by atoms with Crippen LogP contribution in [0.25, 0.3) is 0 Å². The van der Waals surface area contributed by atoms with E-state index in [2.05, 4.69) is 0 Å². The number of hydrogen-bond acceptors (Lipinski definition) is 4. The van der Waals surface area contributed by atoms with Crippen LogP contribution in [-0.4, -0.2) is 40.2 Å². The van der Waals surface area contributed by atoms with E-state index in [0.29, 0.717) is 12.8 Å². The molecule has 2 fully saturated rings. The standard InChI is InChI=1S/C22H27FO4/c1-12-8-16-19-15(5-7-21(16,3)22(12,27)18(26)11-24)20(2)6-4-14(25)9-13(20)10-17(19)23/h4-6,9,12,16-17,19,24,27H,7-8,10-11H2,1-3H3/t12-,16?,17?,19?,20-,21-,22-/m0/s1. The summed E-state index contributed by atoms with van der Waals surface area (Å²) in [5.41, 5.74) is -1.17.